The zero-order valence-corrected chi connectivity index (χ0v) is 20.4. The summed E-state index contributed by atoms with van der Waals surface area (Å²) in [6.07, 6.45) is -4.59. The van der Waals surface area contributed by atoms with Crippen molar-refractivity contribution in [1.82, 2.24) is 15.3 Å². The molecule has 2 N–H and O–H groups in total. The van der Waals surface area contributed by atoms with E-state index in [0.717, 1.165) is 19.1 Å². The summed E-state index contributed by atoms with van der Waals surface area (Å²) in [4.78, 5) is 29.7. The van der Waals surface area contributed by atoms with Gasteiger partial charge in [-0.05, 0) is 49.6 Å². The summed E-state index contributed by atoms with van der Waals surface area (Å²) in [7, 11) is 0. The third-order valence-electron chi connectivity index (χ3n) is 6.12. The van der Waals surface area contributed by atoms with Crippen LogP contribution in [0.1, 0.15) is 35.2 Å². The average molecular weight is 560 g/mol. The fourth-order valence-corrected chi connectivity index (χ4v) is 4.31. The predicted molar refractivity (Wildman–Crippen MR) is 125 cm³/mol. The van der Waals surface area contributed by atoms with E-state index in [0.29, 0.717) is 24.5 Å². The van der Waals surface area contributed by atoms with Crippen LogP contribution in [0.25, 0.3) is 11.4 Å². The number of H-pyrrole nitrogens is 1. The number of aryl methyl sites for hydroxylation is 1. The lowest BCUT2D eigenvalue weighted by Gasteiger charge is -2.34. The number of hydrogen-bond donors (Lipinski definition) is 2. The van der Waals surface area contributed by atoms with Crippen LogP contribution in [0, 0.1) is 30.3 Å². The summed E-state index contributed by atoms with van der Waals surface area (Å²) in [5, 5.41) is 2.71. The number of benzene rings is 2. The van der Waals surface area contributed by atoms with Crippen LogP contribution in [-0.2, 0) is 28.9 Å². The molecule has 4 rings (SSSR count). The van der Waals surface area contributed by atoms with E-state index in [1.807, 2.05) is 4.98 Å². The molecular formula is C25H20ClF6N3O3. The molecule has 3 aromatic rings. The number of alkyl halides is 3. The molecule has 0 radical (unpaired) electrons. The van der Waals surface area contributed by atoms with Gasteiger partial charge in [0.05, 0.1) is 29.5 Å². The number of amides is 1. The fraction of sp³-hybridized carbons (Fsp3) is 0.320. The van der Waals surface area contributed by atoms with Crippen LogP contribution in [0.3, 0.4) is 0 Å². The summed E-state index contributed by atoms with van der Waals surface area (Å²) in [5.74, 6) is -4.87. The van der Waals surface area contributed by atoms with Crippen LogP contribution in [-0.4, -0.2) is 22.0 Å². The fourth-order valence-electron chi connectivity index (χ4n) is 4.06. The lowest BCUT2D eigenvalue weighted by molar-refractivity contribution is -0.137. The molecule has 13 heteroatoms. The summed E-state index contributed by atoms with van der Waals surface area (Å²) >= 11 is 5.80. The van der Waals surface area contributed by atoms with E-state index >= 15 is 4.39 Å². The molecule has 1 saturated carbocycles. The quantitative estimate of drug-likeness (QED) is 0.377. The Bertz CT molecular complexity index is 1420. The monoisotopic (exact) mass is 559 g/mol. The first-order chi connectivity index (χ1) is 17.8. The lowest BCUT2D eigenvalue weighted by Crippen LogP contribution is -2.42. The molecule has 1 amide bonds. The standard InChI is InChI=1S/C25H20ClF6N3O3/c1-11-20(28)24(37)35-22(34-11)19-18(25(30,31)32)3-2-13(21(19)29)9-33-23(36)14-6-17(7-14)38-10-12-4-15(26)8-16(27)5-12/h2-5,8,14,17H,6-7,9-10H2,1H3,(H,33,36)(H,34,35,37). The van der Waals surface area contributed by atoms with Crippen LogP contribution >= 0.6 is 11.6 Å². The van der Waals surface area contributed by atoms with E-state index in [2.05, 4.69) is 10.3 Å². The highest BCUT2D eigenvalue weighted by molar-refractivity contribution is 6.30. The number of nitrogens with one attached hydrogen (secondary N) is 2. The van der Waals surface area contributed by atoms with E-state index in [4.69, 9.17) is 16.3 Å². The van der Waals surface area contributed by atoms with Gasteiger partial charge in [0.1, 0.15) is 17.5 Å². The number of aromatic nitrogens is 2. The number of hydrogen-bond acceptors (Lipinski definition) is 4. The number of halogens is 7. The van der Waals surface area contributed by atoms with Gasteiger partial charge in [0.15, 0.2) is 0 Å². The largest absolute Gasteiger partial charge is 0.417 e. The van der Waals surface area contributed by atoms with Gasteiger partial charge < -0.3 is 15.0 Å². The van der Waals surface area contributed by atoms with E-state index in [-0.39, 0.29) is 23.3 Å². The second kappa shape index (κ2) is 10.8. The number of aromatic amines is 1. The van der Waals surface area contributed by atoms with Crippen LogP contribution < -0.4 is 10.9 Å². The maximum absolute atomic E-state index is 15.3. The highest BCUT2D eigenvalue weighted by atomic mass is 35.5. The van der Waals surface area contributed by atoms with Crippen molar-refractivity contribution in [2.45, 2.75) is 45.2 Å². The van der Waals surface area contributed by atoms with Crippen molar-refractivity contribution >= 4 is 17.5 Å². The summed E-state index contributed by atoms with van der Waals surface area (Å²) in [6.45, 7) is 0.714. The van der Waals surface area contributed by atoms with Gasteiger partial charge in [-0.15, -0.1) is 0 Å². The number of ether oxygens (including phenoxy) is 1. The minimum Gasteiger partial charge on any atom is -0.373 e. The van der Waals surface area contributed by atoms with E-state index in [1.165, 1.54) is 6.07 Å². The molecule has 202 valence electrons. The summed E-state index contributed by atoms with van der Waals surface area (Å²) < 4.78 is 88.7. The molecule has 6 nitrogen and oxygen atoms in total. The zero-order chi connectivity index (χ0) is 27.8. The summed E-state index contributed by atoms with van der Waals surface area (Å²) in [6, 6.07) is 5.46. The Kier molecular flexibility index (Phi) is 7.84. The minimum atomic E-state index is -5.00. The Morgan fingerprint density at radius 3 is 2.50 bits per heavy atom. The average Bonchev–Trinajstić information content (AvgIpc) is 2.79. The maximum atomic E-state index is 15.3. The SMILES string of the molecule is Cc1nc(-c2c(C(F)(F)F)ccc(CNC(=O)C3CC(OCc4cc(F)cc(Cl)c4)C3)c2F)[nH]c(=O)c1F. The van der Waals surface area contributed by atoms with Crippen molar-refractivity contribution in [1.29, 1.82) is 0 Å². The molecule has 38 heavy (non-hydrogen) atoms. The van der Waals surface area contributed by atoms with Crippen LogP contribution in [0.2, 0.25) is 5.02 Å². The Morgan fingerprint density at radius 2 is 1.87 bits per heavy atom. The molecule has 0 bridgehead atoms. The molecule has 1 aliphatic rings. The predicted octanol–water partition coefficient (Wildman–Crippen LogP) is 5.45. The van der Waals surface area contributed by atoms with Crippen molar-refractivity contribution < 1.29 is 35.9 Å². The number of nitrogens with zero attached hydrogens (tertiary/aromatic N) is 1. The molecule has 1 fully saturated rings. The normalized spacial score (nSPS) is 17.3. The van der Waals surface area contributed by atoms with Gasteiger partial charge in [0.25, 0.3) is 5.56 Å². The third-order valence-corrected chi connectivity index (χ3v) is 6.34. The van der Waals surface area contributed by atoms with Crippen molar-refractivity contribution in [3.63, 3.8) is 0 Å². The van der Waals surface area contributed by atoms with E-state index in [1.54, 1.807) is 6.07 Å². The molecule has 0 atom stereocenters. The molecule has 1 aliphatic carbocycles. The Hall–Kier alpha value is -3.38. The molecule has 0 spiro atoms. The Labute approximate surface area is 217 Å². The highest BCUT2D eigenvalue weighted by Crippen LogP contribution is 2.38. The van der Waals surface area contributed by atoms with Gasteiger partial charge in [0, 0.05) is 23.0 Å². The van der Waals surface area contributed by atoms with Crippen molar-refractivity contribution in [3.05, 3.63) is 85.5 Å². The lowest BCUT2D eigenvalue weighted by atomic mass is 9.81. The number of carbonyl (C=O) groups excluding carboxylic acids is 1. The van der Waals surface area contributed by atoms with Gasteiger partial charge >= 0.3 is 6.18 Å². The topological polar surface area (TPSA) is 84.1 Å². The molecule has 1 aromatic heterocycles. The maximum Gasteiger partial charge on any atom is 0.417 e. The van der Waals surface area contributed by atoms with Crippen LogP contribution in [0.5, 0.6) is 0 Å². The Morgan fingerprint density at radius 1 is 1.16 bits per heavy atom. The second-order valence-corrected chi connectivity index (χ2v) is 9.31. The van der Waals surface area contributed by atoms with Crippen LogP contribution in [0.4, 0.5) is 26.3 Å². The first kappa shape index (κ1) is 27.6. The molecule has 1 heterocycles. The smallest absolute Gasteiger partial charge is 0.373 e. The number of carbonyl (C=O) groups is 1. The molecule has 0 aliphatic heterocycles. The second-order valence-electron chi connectivity index (χ2n) is 8.87. The van der Waals surface area contributed by atoms with E-state index in [9.17, 15) is 31.5 Å². The van der Waals surface area contributed by atoms with E-state index < -0.39 is 70.2 Å². The third kappa shape index (κ3) is 6.02. The molecule has 2 aromatic carbocycles. The van der Waals surface area contributed by atoms with Crippen molar-refractivity contribution in [2.24, 2.45) is 5.92 Å². The number of rotatable bonds is 7. The van der Waals surface area contributed by atoms with Crippen molar-refractivity contribution in [2.75, 3.05) is 0 Å². The first-order valence-electron chi connectivity index (χ1n) is 11.3. The summed E-state index contributed by atoms with van der Waals surface area (Å²) in [5.41, 5.74) is -4.08. The van der Waals surface area contributed by atoms with Gasteiger partial charge in [-0.25, -0.2) is 13.8 Å². The minimum absolute atomic E-state index is 0.0923. The van der Waals surface area contributed by atoms with Gasteiger partial charge in [-0.2, -0.15) is 17.6 Å². The molecule has 0 saturated heterocycles. The van der Waals surface area contributed by atoms with Gasteiger partial charge in [-0.1, -0.05) is 17.7 Å². The molecular weight excluding hydrogens is 540 g/mol. The van der Waals surface area contributed by atoms with Gasteiger partial charge in [0.2, 0.25) is 11.7 Å². The van der Waals surface area contributed by atoms with Gasteiger partial charge in [-0.3, -0.25) is 9.59 Å². The first-order valence-corrected chi connectivity index (χ1v) is 11.7. The highest BCUT2D eigenvalue weighted by Gasteiger charge is 2.38. The zero-order valence-electron chi connectivity index (χ0n) is 19.7. The van der Waals surface area contributed by atoms with Crippen molar-refractivity contribution in [3.8, 4) is 11.4 Å². The Balaban J connectivity index is 1.42. The van der Waals surface area contributed by atoms with Crippen LogP contribution in [0.15, 0.2) is 35.1 Å². The molecule has 0 unspecified atom stereocenters.